The number of aliphatic imine (C=N–C) groups is 1. The Kier molecular flexibility index (Phi) is 4.36. The van der Waals surface area contributed by atoms with Crippen molar-refractivity contribution in [1.29, 1.82) is 0 Å². The van der Waals surface area contributed by atoms with E-state index in [1.54, 1.807) is 0 Å². The minimum Gasteiger partial charge on any atom is -0.362 e. The molecule has 1 N–H and O–H groups in total. The molecule has 1 saturated carbocycles. The maximum absolute atomic E-state index is 4.54. The molecular weight excluding hydrogens is 204 g/mol. The molecule has 1 heterocycles. The molecule has 0 aromatic heterocycles. The molecule has 0 amide bonds. The van der Waals surface area contributed by atoms with Gasteiger partial charge in [0.05, 0.1) is 0 Å². The summed E-state index contributed by atoms with van der Waals surface area (Å²) in [6, 6.07) is 0.694. The van der Waals surface area contributed by atoms with E-state index < -0.39 is 0 Å². The molecule has 0 bridgehead atoms. The second-order valence-corrected chi connectivity index (χ2v) is 5.93. The summed E-state index contributed by atoms with van der Waals surface area (Å²) in [7, 11) is 0. The third-order valence-electron chi connectivity index (χ3n) is 3.38. The van der Waals surface area contributed by atoms with Crippen LogP contribution in [0, 0.1) is 5.92 Å². The Balaban J connectivity index is 1.80. The number of thioether (sulfide) groups is 1. The van der Waals surface area contributed by atoms with Gasteiger partial charge in [0, 0.05) is 18.3 Å². The summed E-state index contributed by atoms with van der Waals surface area (Å²) in [5.74, 6) is 2.17. The van der Waals surface area contributed by atoms with Gasteiger partial charge in [-0.3, -0.25) is 4.99 Å². The van der Waals surface area contributed by atoms with Crippen LogP contribution in [0.5, 0.6) is 0 Å². The molecule has 0 spiro atoms. The first kappa shape index (κ1) is 11.3. The smallest absolute Gasteiger partial charge is 0.156 e. The quantitative estimate of drug-likeness (QED) is 0.695. The second-order valence-electron chi connectivity index (χ2n) is 4.84. The predicted molar refractivity (Wildman–Crippen MR) is 68.5 cm³/mol. The molecule has 2 aliphatic rings. The van der Waals surface area contributed by atoms with Gasteiger partial charge in [0.15, 0.2) is 5.17 Å². The minimum atomic E-state index is 0.694. The van der Waals surface area contributed by atoms with Crippen LogP contribution in [-0.4, -0.2) is 23.5 Å². The van der Waals surface area contributed by atoms with Crippen molar-refractivity contribution < 1.29 is 0 Å². The Bertz CT molecular complexity index is 228. The Labute approximate surface area is 97.3 Å². The highest BCUT2D eigenvalue weighted by Crippen LogP contribution is 2.23. The van der Waals surface area contributed by atoms with Crippen LogP contribution in [0.4, 0.5) is 0 Å². The zero-order valence-corrected chi connectivity index (χ0v) is 10.5. The van der Waals surface area contributed by atoms with Gasteiger partial charge < -0.3 is 5.32 Å². The van der Waals surface area contributed by atoms with Gasteiger partial charge >= 0.3 is 0 Å². The fourth-order valence-electron chi connectivity index (χ4n) is 2.35. The van der Waals surface area contributed by atoms with Crippen molar-refractivity contribution in [2.45, 2.75) is 51.5 Å². The zero-order valence-electron chi connectivity index (χ0n) is 9.67. The van der Waals surface area contributed by atoms with Gasteiger partial charge in [0.1, 0.15) is 0 Å². The lowest BCUT2D eigenvalue weighted by Gasteiger charge is -2.20. The summed E-state index contributed by atoms with van der Waals surface area (Å²) in [5.41, 5.74) is 0. The first-order valence-electron chi connectivity index (χ1n) is 6.28. The summed E-state index contributed by atoms with van der Waals surface area (Å²) < 4.78 is 0. The van der Waals surface area contributed by atoms with Crippen LogP contribution < -0.4 is 5.32 Å². The van der Waals surface area contributed by atoms with E-state index in [1.807, 2.05) is 11.8 Å². The summed E-state index contributed by atoms with van der Waals surface area (Å²) in [6.45, 7) is 3.41. The molecule has 2 atom stereocenters. The molecule has 1 fully saturated rings. The molecule has 1 aliphatic carbocycles. The Morgan fingerprint density at radius 2 is 2.13 bits per heavy atom. The monoisotopic (exact) mass is 226 g/mol. The number of nitrogens with one attached hydrogen (secondary N) is 1. The highest BCUT2D eigenvalue weighted by molar-refractivity contribution is 8.13. The highest BCUT2D eigenvalue weighted by atomic mass is 32.2. The van der Waals surface area contributed by atoms with Crippen LogP contribution in [0.25, 0.3) is 0 Å². The summed E-state index contributed by atoms with van der Waals surface area (Å²) in [4.78, 5) is 4.54. The van der Waals surface area contributed by atoms with Gasteiger partial charge in [0.2, 0.25) is 0 Å². The molecule has 0 radical (unpaired) electrons. The Morgan fingerprint density at radius 1 is 1.20 bits per heavy atom. The molecule has 0 aromatic rings. The standard InChI is InChI=1S/C12H22N2S/c1-10-4-2-5-11(7-6-10)14-12-13-8-3-9-15-12/h10-11H,2-9H2,1H3,(H,13,14). The molecule has 15 heavy (non-hydrogen) atoms. The van der Waals surface area contributed by atoms with Crippen molar-refractivity contribution in [1.82, 2.24) is 5.32 Å². The van der Waals surface area contributed by atoms with E-state index >= 15 is 0 Å². The van der Waals surface area contributed by atoms with Crippen molar-refractivity contribution in [2.75, 3.05) is 12.3 Å². The minimum absolute atomic E-state index is 0.694. The fraction of sp³-hybridized carbons (Fsp3) is 0.917. The number of rotatable bonds is 1. The lowest BCUT2D eigenvalue weighted by atomic mass is 10.0. The SMILES string of the molecule is CC1CCCC(NC2=NCCCS2)CC1. The number of nitrogens with zero attached hydrogens (tertiary/aromatic N) is 1. The number of amidine groups is 1. The molecule has 2 unspecified atom stereocenters. The van der Waals surface area contributed by atoms with Crippen LogP contribution in [0.15, 0.2) is 4.99 Å². The van der Waals surface area contributed by atoms with E-state index in [2.05, 4.69) is 17.2 Å². The lowest BCUT2D eigenvalue weighted by Crippen LogP contribution is -2.34. The van der Waals surface area contributed by atoms with Crippen molar-refractivity contribution >= 4 is 16.9 Å². The third kappa shape index (κ3) is 3.71. The molecule has 1 aliphatic heterocycles. The van der Waals surface area contributed by atoms with Crippen LogP contribution in [-0.2, 0) is 0 Å². The summed E-state index contributed by atoms with van der Waals surface area (Å²) in [5, 5.41) is 4.84. The van der Waals surface area contributed by atoms with E-state index in [4.69, 9.17) is 0 Å². The van der Waals surface area contributed by atoms with E-state index in [1.165, 1.54) is 49.4 Å². The van der Waals surface area contributed by atoms with Crippen molar-refractivity contribution in [3.05, 3.63) is 0 Å². The van der Waals surface area contributed by atoms with E-state index in [9.17, 15) is 0 Å². The van der Waals surface area contributed by atoms with Crippen LogP contribution in [0.2, 0.25) is 0 Å². The van der Waals surface area contributed by atoms with Gasteiger partial charge in [-0.25, -0.2) is 0 Å². The topological polar surface area (TPSA) is 24.4 Å². The van der Waals surface area contributed by atoms with E-state index in [-0.39, 0.29) is 0 Å². The Hall–Kier alpha value is -0.180. The molecular formula is C12H22N2S. The molecule has 0 aromatic carbocycles. The predicted octanol–water partition coefficient (Wildman–Crippen LogP) is 3.04. The molecule has 2 rings (SSSR count). The second kappa shape index (κ2) is 5.78. The van der Waals surface area contributed by atoms with Gasteiger partial charge in [-0.15, -0.1) is 0 Å². The maximum Gasteiger partial charge on any atom is 0.156 e. The number of hydrogen-bond donors (Lipinski definition) is 1. The zero-order chi connectivity index (χ0) is 10.5. The van der Waals surface area contributed by atoms with E-state index in [0.29, 0.717) is 6.04 Å². The molecule has 0 saturated heterocycles. The van der Waals surface area contributed by atoms with Gasteiger partial charge in [-0.1, -0.05) is 31.5 Å². The average Bonchev–Trinajstić information content (AvgIpc) is 2.46. The summed E-state index contributed by atoms with van der Waals surface area (Å²) >= 11 is 1.90. The molecule has 2 nitrogen and oxygen atoms in total. The largest absolute Gasteiger partial charge is 0.362 e. The lowest BCUT2D eigenvalue weighted by molar-refractivity contribution is 0.490. The fourth-order valence-corrected chi connectivity index (χ4v) is 3.25. The van der Waals surface area contributed by atoms with Crippen LogP contribution in [0.3, 0.4) is 0 Å². The normalized spacial score (nSPS) is 33.0. The number of hydrogen-bond acceptors (Lipinski definition) is 3. The van der Waals surface area contributed by atoms with Gasteiger partial charge in [0.25, 0.3) is 0 Å². The average molecular weight is 226 g/mol. The van der Waals surface area contributed by atoms with Crippen molar-refractivity contribution in [2.24, 2.45) is 10.9 Å². The maximum atomic E-state index is 4.54. The van der Waals surface area contributed by atoms with Gasteiger partial charge in [-0.05, 0) is 31.6 Å². The summed E-state index contributed by atoms with van der Waals surface area (Å²) in [6.07, 6.45) is 8.10. The Morgan fingerprint density at radius 3 is 2.93 bits per heavy atom. The first-order valence-corrected chi connectivity index (χ1v) is 7.27. The van der Waals surface area contributed by atoms with Gasteiger partial charge in [-0.2, -0.15) is 0 Å². The van der Waals surface area contributed by atoms with Crippen molar-refractivity contribution in [3.8, 4) is 0 Å². The molecule has 3 heteroatoms. The molecule has 86 valence electrons. The van der Waals surface area contributed by atoms with Crippen LogP contribution >= 0.6 is 11.8 Å². The van der Waals surface area contributed by atoms with Crippen molar-refractivity contribution in [3.63, 3.8) is 0 Å². The third-order valence-corrected chi connectivity index (χ3v) is 4.39. The first-order chi connectivity index (χ1) is 7.34. The van der Waals surface area contributed by atoms with E-state index in [0.717, 1.165) is 12.5 Å². The van der Waals surface area contributed by atoms with Crippen LogP contribution in [0.1, 0.15) is 45.4 Å². The highest BCUT2D eigenvalue weighted by Gasteiger charge is 2.17.